The second-order valence-corrected chi connectivity index (χ2v) is 8.14. The summed E-state index contributed by atoms with van der Waals surface area (Å²) in [7, 11) is -0.910. The number of rotatable bonds is 6. The number of carbonyl (C=O) groups is 1. The van der Waals surface area contributed by atoms with Gasteiger partial charge in [0.15, 0.2) is 0 Å². The number of nitrogens with one attached hydrogen (secondary N) is 4. The zero-order valence-electron chi connectivity index (χ0n) is 16.0. The van der Waals surface area contributed by atoms with Crippen LogP contribution in [-0.4, -0.2) is 43.5 Å². The molecule has 2 amide bonds. The van der Waals surface area contributed by atoms with Crippen molar-refractivity contribution < 1.29 is 13.2 Å². The van der Waals surface area contributed by atoms with Gasteiger partial charge in [0.2, 0.25) is 16.0 Å². The summed E-state index contributed by atoms with van der Waals surface area (Å²) in [6, 6.07) is 9.19. The number of benzene rings is 1. The lowest BCUT2D eigenvalue weighted by atomic mass is 10.2. The number of hydrogen-bond donors (Lipinski definition) is 4. The molecule has 0 saturated heterocycles. The second kappa shape index (κ2) is 9.03. The van der Waals surface area contributed by atoms with Crippen molar-refractivity contribution >= 4 is 45.1 Å². The molecule has 0 aliphatic carbocycles. The Morgan fingerprint density at radius 1 is 1.03 bits per heavy atom. The highest BCUT2D eigenvalue weighted by atomic mass is 35.5. The average Bonchev–Trinajstić information content (AvgIpc) is 2.75. The maximum absolute atomic E-state index is 12.1. The first-order valence-electron chi connectivity index (χ1n) is 8.60. The first-order chi connectivity index (χ1) is 14.3. The van der Waals surface area contributed by atoms with Crippen LogP contribution >= 0.6 is 11.6 Å². The van der Waals surface area contributed by atoms with Crippen LogP contribution in [0.1, 0.15) is 0 Å². The van der Waals surface area contributed by atoms with Crippen LogP contribution in [-0.2, 0) is 10.0 Å². The quantitative estimate of drug-likeness (QED) is 0.455. The predicted molar refractivity (Wildman–Crippen MR) is 114 cm³/mol. The molecule has 3 rings (SSSR count). The number of amides is 2. The highest BCUT2D eigenvalue weighted by Crippen LogP contribution is 2.27. The fraction of sp³-hybridized carbons (Fsp3) is 0.111. The Bertz CT molecular complexity index is 1190. The average molecular weight is 448 g/mol. The van der Waals surface area contributed by atoms with Gasteiger partial charge in [0.05, 0.1) is 10.7 Å². The van der Waals surface area contributed by atoms with E-state index in [-0.39, 0.29) is 21.9 Å². The van der Waals surface area contributed by atoms with E-state index in [4.69, 9.17) is 11.6 Å². The van der Waals surface area contributed by atoms with Gasteiger partial charge in [-0.2, -0.15) is 0 Å². The molecule has 0 fully saturated rings. The van der Waals surface area contributed by atoms with E-state index in [2.05, 4.69) is 35.6 Å². The van der Waals surface area contributed by atoms with Crippen LogP contribution in [0, 0.1) is 0 Å². The summed E-state index contributed by atoms with van der Waals surface area (Å²) in [6.45, 7) is 0. The molecule has 0 radical (unpaired) electrons. The number of pyridine rings is 1. The Kier molecular flexibility index (Phi) is 6.45. The predicted octanol–water partition coefficient (Wildman–Crippen LogP) is 2.60. The molecule has 3 aromatic rings. The Morgan fingerprint density at radius 3 is 2.53 bits per heavy atom. The molecule has 4 N–H and O–H groups in total. The topological polar surface area (TPSA) is 138 Å². The Morgan fingerprint density at radius 2 is 1.80 bits per heavy atom. The first kappa shape index (κ1) is 21.4. The molecule has 0 unspecified atom stereocenters. The summed E-state index contributed by atoms with van der Waals surface area (Å²) in [5, 5.41) is 8.10. The molecule has 0 aliphatic heterocycles. The van der Waals surface area contributed by atoms with Crippen molar-refractivity contribution in [2.45, 2.75) is 4.90 Å². The van der Waals surface area contributed by atoms with E-state index >= 15 is 0 Å². The molecule has 156 valence electrons. The van der Waals surface area contributed by atoms with Crippen LogP contribution < -0.4 is 20.7 Å². The molecule has 2 aromatic heterocycles. The van der Waals surface area contributed by atoms with Crippen molar-refractivity contribution in [3.05, 3.63) is 53.8 Å². The number of anilines is 3. The SMILES string of the molecule is CNC(=O)Nc1cc(-c2ccnc(Nc3ccc(Cl)c(S(=O)(=O)NC)c3)n2)ccn1. The van der Waals surface area contributed by atoms with Gasteiger partial charge in [-0.05, 0) is 43.4 Å². The number of nitrogens with zero attached hydrogens (tertiary/aromatic N) is 3. The normalized spacial score (nSPS) is 11.0. The Labute approximate surface area is 178 Å². The number of hydrogen-bond acceptors (Lipinski definition) is 7. The number of sulfonamides is 1. The minimum absolute atomic E-state index is 0.0631. The van der Waals surface area contributed by atoms with Gasteiger partial charge in [-0.3, -0.25) is 5.32 Å². The van der Waals surface area contributed by atoms with E-state index in [0.29, 0.717) is 22.8 Å². The molecular weight excluding hydrogens is 430 g/mol. The van der Waals surface area contributed by atoms with Crippen LogP contribution in [0.15, 0.2) is 53.7 Å². The van der Waals surface area contributed by atoms with Crippen LogP contribution in [0.3, 0.4) is 0 Å². The fourth-order valence-electron chi connectivity index (χ4n) is 2.44. The molecule has 2 heterocycles. The van der Waals surface area contributed by atoms with Gasteiger partial charge in [0, 0.05) is 30.7 Å². The van der Waals surface area contributed by atoms with Gasteiger partial charge in [-0.25, -0.2) is 32.9 Å². The molecule has 0 saturated carbocycles. The third kappa shape index (κ3) is 5.00. The van der Waals surface area contributed by atoms with Gasteiger partial charge >= 0.3 is 6.03 Å². The molecule has 0 atom stereocenters. The molecule has 0 bridgehead atoms. The van der Waals surface area contributed by atoms with E-state index in [1.165, 1.54) is 26.2 Å². The maximum atomic E-state index is 12.1. The van der Waals surface area contributed by atoms with Crippen molar-refractivity contribution in [1.29, 1.82) is 0 Å². The second-order valence-electron chi connectivity index (χ2n) is 5.88. The molecular formula is C18H18ClN7O3S. The lowest BCUT2D eigenvalue weighted by Gasteiger charge is -2.10. The fourth-order valence-corrected chi connectivity index (χ4v) is 3.69. The lowest BCUT2D eigenvalue weighted by molar-refractivity contribution is 0.254. The summed E-state index contributed by atoms with van der Waals surface area (Å²) in [4.78, 5) is 24.1. The molecule has 12 heteroatoms. The van der Waals surface area contributed by atoms with Crippen molar-refractivity contribution in [2.75, 3.05) is 24.7 Å². The summed E-state index contributed by atoms with van der Waals surface area (Å²) in [6.07, 6.45) is 3.10. The molecule has 0 aliphatic rings. The first-order valence-corrected chi connectivity index (χ1v) is 10.5. The third-order valence-corrected chi connectivity index (χ3v) is 5.82. The van der Waals surface area contributed by atoms with Gasteiger partial charge in [-0.15, -0.1) is 0 Å². The number of aromatic nitrogens is 3. The van der Waals surface area contributed by atoms with Crippen LogP contribution in [0.25, 0.3) is 11.3 Å². The largest absolute Gasteiger partial charge is 0.341 e. The summed E-state index contributed by atoms with van der Waals surface area (Å²) in [5.41, 5.74) is 1.73. The number of carbonyl (C=O) groups excluding carboxylic acids is 1. The van der Waals surface area contributed by atoms with Crippen LogP contribution in [0.5, 0.6) is 0 Å². The number of urea groups is 1. The molecule has 0 spiro atoms. The van der Waals surface area contributed by atoms with Crippen molar-refractivity contribution in [3.8, 4) is 11.3 Å². The lowest BCUT2D eigenvalue weighted by Crippen LogP contribution is -2.24. The highest BCUT2D eigenvalue weighted by Gasteiger charge is 2.17. The highest BCUT2D eigenvalue weighted by molar-refractivity contribution is 7.89. The summed E-state index contributed by atoms with van der Waals surface area (Å²) >= 11 is 6.01. The number of halogens is 1. The minimum atomic E-state index is -3.72. The monoisotopic (exact) mass is 447 g/mol. The third-order valence-electron chi connectivity index (χ3n) is 3.93. The van der Waals surface area contributed by atoms with E-state index < -0.39 is 10.0 Å². The minimum Gasteiger partial charge on any atom is -0.341 e. The zero-order chi connectivity index (χ0) is 21.7. The van der Waals surface area contributed by atoms with Gasteiger partial charge < -0.3 is 10.6 Å². The molecule has 30 heavy (non-hydrogen) atoms. The summed E-state index contributed by atoms with van der Waals surface area (Å²) in [5.74, 6) is 0.611. The van der Waals surface area contributed by atoms with Crippen LogP contribution in [0.4, 0.5) is 22.2 Å². The maximum Gasteiger partial charge on any atom is 0.320 e. The van der Waals surface area contributed by atoms with E-state index in [9.17, 15) is 13.2 Å². The van der Waals surface area contributed by atoms with Crippen molar-refractivity contribution in [1.82, 2.24) is 25.0 Å². The molecule has 1 aromatic carbocycles. The smallest absolute Gasteiger partial charge is 0.320 e. The van der Waals surface area contributed by atoms with E-state index in [0.717, 1.165) is 0 Å². The summed E-state index contributed by atoms with van der Waals surface area (Å²) < 4.78 is 26.4. The van der Waals surface area contributed by atoms with Crippen molar-refractivity contribution in [3.63, 3.8) is 0 Å². The Hall–Kier alpha value is -3.28. The standard InChI is InChI=1S/C18H18ClN7O3S/c1-20-18(27)26-16-9-11(5-7-22-16)14-6-8-23-17(25-14)24-12-3-4-13(19)15(10-12)30(28,29)21-2/h3-10,21H,1-2H3,(H,23,24,25)(H2,20,22,26,27). The van der Waals surface area contributed by atoms with Crippen LogP contribution in [0.2, 0.25) is 5.02 Å². The zero-order valence-corrected chi connectivity index (χ0v) is 17.5. The Balaban J connectivity index is 1.88. The van der Waals surface area contributed by atoms with E-state index in [1.54, 1.807) is 36.7 Å². The van der Waals surface area contributed by atoms with Gasteiger partial charge in [-0.1, -0.05) is 11.6 Å². The van der Waals surface area contributed by atoms with Crippen molar-refractivity contribution in [2.24, 2.45) is 0 Å². The van der Waals surface area contributed by atoms with Gasteiger partial charge in [0.25, 0.3) is 0 Å². The molecule has 10 nitrogen and oxygen atoms in total. The van der Waals surface area contributed by atoms with E-state index in [1.807, 2.05) is 0 Å². The van der Waals surface area contributed by atoms with Gasteiger partial charge in [0.1, 0.15) is 10.7 Å².